The van der Waals surface area contributed by atoms with Crippen LogP contribution in [0.1, 0.15) is 245 Å². The maximum Gasteiger partial charge on any atom is 0.268 e. The van der Waals surface area contributed by atoms with Gasteiger partial charge in [-0.3, -0.25) is 9.36 Å². The second-order valence-electron chi connectivity index (χ2n) is 19.2. The van der Waals surface area contributed by atoms with Crippen LogP contribution in [0.4, 0.5) is 0 Å². The minimum Gasteiger partial charge on any atom is -0.756 e. The highest BCUT2D eigenvalue weighted by Crippen LogP contribution is 2.38. The number of likely N-dealkylation sites (N-methyl/N-ethyl adjacent to an activating group) is 1. The third-order valence-corrected chi connectivity index (χ3v) is 12.8. The summed E-state index contributed by atoms with van der Waals surface area (Å²) in [6.45, 7) is 4.62. The number of rotatable bonds is 48. The molecule has 2 N–H and O–H groups in total. The predicted molar refractivity (Wildman–Crippen MR) is 265 cm³/mol. The van der Waals surface area contributed by atoms with E-state index in [1.807, 2.05) is 27.2 Å². The second-order valence-corrected chi connectivity index (χ2v) is 20.6. The summed E-state index contributed by atoms with van der Waals surface area (Å²) in [5.74, 6) is -0.207. The summed E-state index contributed by atoms with van der Waals surface area (Å²) in [6.07, 6.45) is 56.5. The van der Waals surface area contributed by atoms with Gasteiger partial charge in [-0.2, -0.15) is 0 Å². The number of aliphatic hydroxyl groups excluding tert-OH is 1. The van der Waals surface area contributed by atoms with Crippen LogP contribution in [-0.2, 0) is 18.4 Å². The van der Waals surface area contributed by atoms with Crippen molar-refractivity contribution in [3.05, 3.63) is 36.5 Å². The molecule has 0 spiro atoms. The van der Waals surface area contributed by atoms with E-state index in [-0.39, 0.29) is 12.5 Å². The number of phosphoric ester groups is 1. The molecule has 1 amide bonds. The molecule has 0 aromatic heterocycles. The number of hydrogen-bond donors (Lipinski definition) is 2. The molecular formula is C53H103N2O6P. The zero-order chi connectivity index (χ0) is 45.7. The van der Waals surface area contributed by atoms with E-state index in [4.69, 9.17) is 9.05 Å². The third-order valence-electron chi connectivity index (χ3n) is 11.8. The largest absolute Gasteiger partial charge is 0.756 e. The van der Waals surface area contributed by atoms with Crippen molar-refractivity contribution >= 4 is 13.7 Å². The molecule has 3 atom stereocenters. The van der Waals surface area contributed by atoms with Gasteiger partial charge < -0.3 is 28.8 Å². The SMILES string of the molecule is CCCCCCCC/C=C/CC/C=C/C(O)C(COP(=O)([O-])OCC[N+](C)(C)C)NC(=O)CCCCCCCCCCCCCC/C=C\CCCCCCCCCCCCCC. The first kappa shape index (κ1) is 60.7. The molecule has 0 rings (SSSR count). The summed E-state index contributed by atoms with van der Waals surface area (Å²) in [7, 11) is 1.25. The topological polar surface area (TPSA) is 108 Å². The fourth-order valence-corrected chi connectivity index (χ4v) is 8.36. The van der Waals surface area contributed by atoms with E-state index in [1.54, 1.807) is 6.08 Å². The summed E-state index contributed by atoms with van der Waals surface area (Å²) >= 11 is 0. The van der Waals surface area contributed by atoms with Crippen LogP contribution in [0.15, 0.2) is 36.5 Å². The maximum atomic E-state index is 12.9. The van der Waals surface area contributed by atoms with Crippen molar-refractivity contribution in [3.63, 3.8) is 0 Å². The van der Waals surface area contributed by atoms with Crippen LogP contribution in [0.3, 0.4) is 0 Å². The van der Waals surface area contributed by atoms with Gasteiger partial charge in [0.2, 0.25) is 5.91 Å². The Balaban J connectivity index is 4.12. The lowest BCUT2D eigenvalue weighted by atomic mass is 10.0. The number of carbonyl (C=O) groups is 1. The first-order chi connectivity index (χ1) is 30.0. The number of nitrogens with one attached hydrogen (secondary N) is 1. The van der Waals surface area contributed by atoms with Crippen LogP contribution in [0.2, 0.25) is 0 Å². The Morgan fingerprint density at radius 3 is 1.31 bits per heavy atom. The summed E-state index contributed by atoms with van der Waals surface area (Å²) in [5.41, 5.74) is 0. The van der Waals surface area contributed by atoms with E-state index in [0.717, 1.165) is 38.5 Å². The van der Waals surface area contributed by atoms with Crippen LogP contribution in [-0.4, -0.2) is 68.5 Å². The summed E-state index contributed by atoms with van der Waals surface area (Å²) in [4.78, 5) is 25.4. The molecule has 0 saturated carbocycles. The highest BCUT2D eigenvalue weighted by atomic mass is 31.2. The number of carbonyl (C=O) groups excluding carboxylic acids is 1. The molecule has 0 saturated heterocycles. The Kier molecular flexibility index (Phi) is 44.0. The van der Waals surface area contributed by atoms with E-state index in [9.17, 15) is 19.4 Å². The van der Waals surface area contributed by atoms with E-state index < -0.39 is 26.6 Å². The molecular weight excluding hydrogens is 792 g/mol. The highest BCUT2D eigenvalue weighted by Gasteiger charge is 2.23. The van der Waals surface area contributed by atoms with Crippen molar-refractivity contribution in [1.82, 2.24) is 5.32 Å². The molecule has 3 unspecified atom stereocenters. The van der Waals surface area contributed by atoms with Gasteiger partial charge in [-0.1, -0.05) is 217 Å². The molecule has 0 heterocycles. The van der Waals surface area contributed by atoms with Crippen molar-refractivity contribution in [2.45, 2.75) is 257 Å². The Labute approximate surface area is 385 Å². The minimum absolute atomic E-state index is 0.00599. The van der Waals surface area contributed by atoms with Crippen molar-refractivity contribution < 1.29 is 32.9 Å². The maximum absolute atomic E-state index is 12.9. The van der Waals surface area contributed by atoms with E-state index in [1.165, 1.54) is 186 Å². The van der Waals surface area contributed by atoms with E-state index in [0.29, 0.717) is 17.4 Å². The molecule has 8 nitrogen and oxygen atoms in total. The molecule has 0 radical (unpaired) electrons. The van der Waals surface area contributed by atoms with Crippen LogP contribution in [0.25, 0.3) is 0 Å². The van der Waals surface area contributed by atoms with Gasteiger partial charge in [0.15, 0.2) is 0 Å². The average molecular weight is 895 g/mol. The first-order valence-corrected chi connectivity index (χ1v) is 27.8. The fraction of sp³-hybridized carbons (Fsp3) is 0.868. The fourth-order valence-electron chi connectivity index (χ4n) is 7.63. The van der Waals surface area contributed by atoms with Gasteiger partial charge in [0.1, 0.15) is 13.2 Å². The Hall–Kier alpha value is -1.28. The van der Waals surface area contributed by atoms with Crippen molar-refractivity contribution in [2.75, 3.05) is 40.9 Å². The monoisotopic (exact) mass is 895 g/mol. The highest BCUT2D eigenvalue weighted by molar-refractivity contribution is 7.45. The normalized spacial score (nSPS) is 14.4. The van der Waals surface area contributed by atoms with Gasteiger partial charge in [0.25, 0.3) is 7.82 Å². The van der Waals surface area contributed by atoms with Gasteiger partial charge in [-0.05, 0) is 57.8 Å². The van der Waals surface area contributed by atoms with Crippen LogP contribution < -0.4 is 10.2 Å². The van der Waals surface area contributed by atoms with Gasteiger partial charge in [0.05, 0.1) is 39.9 Å². The van der Waals surface area contributed by atoms with Crippen molar-refractivity contribution in [3.8, 4) is 0 Å². The Bertz CT molecular complexity index is 1110. The zero-order valence-corrected chi connectivity index (χ0v) is 42.5. The Morgan fingerprint density at radius 2 is 0.903 bits per heavy atom. The number of aliphatic hydroxyl groups is 1. The number of allylic oxidation sites excluding steroid dienone is 5. The molecule has 0 aliphatic rings. The van der Waals surface area contributed by atoms with E-state index >= 15 is 0 Å². The second kappa shape index (κ2) is 44.9. The van der Waals surface area contributed by atoms with Crippen LogP contribution in [0, 0.1) is 0 Å². The summed E-state index contributed by atoms with van der Waals surface area (Å²) in [5, 5.41) is 13.8. The van der Waals surface area contributed by atoms with Gasteiger partial charge in [0, 0.05) is 6.42 Å². The van der Waals surface area contributed by atoms with Gasteiger partial charge in [-0.15, -0.1) is 0 Å². The summed E-state index contributed by atoms with van der Waals surface area (Å²) in [6, 6.07) is -0.901. The molecule has 0 aromatic carbocycles. The van der Waals surface area contributed by atoms with Crippen LogP contribution >= 0.6 is 7.82 Å². The molecule has 9 heteroatoms. The first-order valence-electron chi connectivity index (χ1n) is 26.4. The number of amides is 1. The number of phosphoric acid groups is 1. The van der Waals surface area contributed by atoms with Crippen molar-refractivity contribution in [1.29, 1.82) is 0 Å². The Morgan fingerprint density at radius 1 is 0.548 bits per heavy atom. The lowest BCUT2D eigenvalue weighted by Gasteiger charge is -2.29. The smallest absolute Gasteiger partial charge is 0.268 e. The van der Waals surface area contributed by atoms with E-state index in [2.05, 4.69) is 43.5 Å². The number of unbranched alkanes of at least 4 members (excludes halogenated alkanes) is 31. The lowest BCUT2D eigenvalue weighted by molar-refractivity contribution is -0.870. The molecule has 0 fully saturated rings. The number of nitrogens with zero attached hydrogens (tertiary/aromatic N) is 1. The molecule has 0 aliphatic carbocycles. The van der Waals surface area contributed by atoms with Crippen LogP contribution in [0.5, 0.6) is 0 Å². The minimum atomic E-state index is -4.60. The lowest BCUT2D eigenvalue weighted by Crippen LogP contribution is -2.45. The quantitative estimate of drug-likeness (QED) is 0.0273. The molecule has 0 aliphatic heterocycles. The van der Waals surface area contributed by atoms with Crippen molar-refractivity contribution in [2.24, 2.45) is 0 Å². The number of quaternary nitrogens is 1. The molecule has 0 bridgehead atoms. The standard InChI is InChI=1S/C53H103N2O6P/c1-6-8-10-12-14-16-18-20-21-22-23-24-25-26-27-28-29-30-31-32-33-34-35-37-39-41-43-45-47-53(57)54-51(50-61-62(58,59)60-49-48-55(3,4)5)52(56)46-44-42-40-38-36-19-17-15-13-11-9-7-2/h26-27,36,38,44,46,51-52,56H,6-25,28-35,37,39-43,45,47-50H2,1-5H3,(H-,54,57,58,59)/b27-26-,38-36+,46-44+. The molecule has 0 aromatic rings. The number of hydrogen-bond acceptors (Lipinski definition) is 6. The van der Waals surface area contributed by atoms with Gasteiger partial charge >= 0.3 is 0 Å². The average Bonchev–Trinajstić information content (AvgIpc) is 3.23. The molecule has 366 valence electrons. The molecule has 62 heavy (non-hydrogen) atoms. The third kappa shape index (κ3) is 46.7. The summed E-state index contributed by atoms with van der Waals surface area (Å²) < 4.78 is 23.2. The zero-order valence-electron chi connectivity index (χ0n) is 41.6. The predicted octanol–water partition coefficient (Wildman–Crippen LogP) is 14.8. The van der Waals surface area contributed by atoms with Gasteiger partial charge in [-0.25, -0.2) is 0 Å².